The molecule has 0 radical (unpaired) electrons. The van der Waals surface area contributed by atoms with E-state index in [1.165, 1.54) is 41.0 Å². The molecule has 0 aliphatic carbocycles. The summed E-state index contributed by atoms with van der Waals surface area (Å²) in [5.74, 6) is 6.51. The van der Waals surface area contributed by atoms with Crippen LogP contribution in [-0.2, 0) is 0 Å². The number of hydrogen-bond acceptors (Lipinski definition) is 0. The van der Waals surface area contributed by atoms with E-state index >= 15 is 0 Å². The molecule has 1 aromatic carbocycles. The van der Waals surface area contributed by atoms with E-state index in [0.29, 0.717) is 15.0 Å². The molecule has 0 heterocycles. The molecule has 1 aromatic rings. The molecule has 0 aliphatic rings. The number of rotatable bonds is 7. The van der Waals surface area contributed by atoms with Gasteiger partial charge in [0.1, 0.15) is 0 Å². The van der Waals surface area contributed by atoms with Gasteiger partial charge in [-0.1, -0.05) is 0 Å². The van der Waals surface area contributed by atoms with E-state index < -0.39 is 0 Å². The molecule has 19 heavy (non-hydrogen) atoms. The summed E-state index contributed by atoms with van der Waals surface area (Å²) in [7, 11) is 0. The average Bonchev–Trinajstić information content (AvgIpc) is 2.46. The number of unbranched alkanes of at least 4 members (excludes halogenated alkanes) is 3. The average molecular weight is 319 g/mol. The van der Waals surface area contributed by atoms with E-state index in [2.05, 4.69) is 62.1 Å². The van der Waals surface area contributed by atoms with E-state index in [0.717, 1.165) is 6.42 Å². The Morgan fingerprint density at radius 1 is 1.11 bits per heavy atom. The molecule has 0 unspecified atom stereocenters. The zero-order chi connectivity index (χ0) is 13.8. The summed E-state index contributed by atoms with van der Waals surface area (Å²) < 4.78 is 1.45. The van der Waals surface area contributed by atoms with E-state index in [4.69, 9.17) is 0 Å². The van der Waals surface area contributed by atoms with Gasteiger partial charge < -0.3 is 0 Å². The fourth-order valence-corrected chi connectivity index (χ4v) is 3.89. The van der Waals surface area contributed by atoms with Gasteiger partial charge in [-0.05, 0) is 0 Å². The summed E-state index contributed by atoms with van der Waals surface area (Å²) in [6.07, 6.45) is 8.23. The molecule has 0 fully saturated rings. The minimum absolute atomic E-state index is 0.552. The van der Waals surface area contributed by atoms with Crippen molar-refractivity contribution < 1.29 is 0 Å². The Labute approximate surface area is 124 Å². The SMILES string of the molecule is CCCCC#C/C=C(\[Se]CCCC)c1ccccc1. The zero-order valence-corrected chi connectivity index (χ0v) is 13.8. The van der Waals surface area contributed by atoms with Crippen LogP contribution in [0.3, 0.4) is 0 Å². The molecular weight excluding hydrogens is 295 g/mol. The molecule has 0 saturated carbocycles. The Balaban J connectivity index is 2.68. The Bertz CT molecular complexity index is 420. The van der Waals surface area contributed by atoms with Crippen LogP contribution in [0.2, 0.25) is 5.32 Å². The Morgan fingerprint density at radius 3 is 2.53 bits per heavy atom. The first-order valence-electron chi connectivity index (χ1n) is 7.25. The molecule has 0 aromatic heterocycles. The van der Waals surface area contributed by atoms with Gasteiger partial charge in [0.05, 0.1) is 0 Å². The van der Waals surface area contributed by atoms with Crippen LogP contribution in [0.25, 0.3) is 4.47 Å². The topological polar surface area (TPSA) is 0 Å². The van der Waals surface area contributed by atoms with Crippen LogP contribution in [0.4, 0.5) is 0 Å². The predicted molar refractivity (Wildman–Crippen MR) is 87.2 cm³/mol. The van der Waals surface area contributed by atoms with Crippen molar-refractivity contribution in [3.05, 3.63) is 42.0 Å². The Morgan fingerprint density at radius 2 is 1.84 bits per heavy atom. The van der Waals surface area contributed by atoms with Crippen molar-refractivity contribution in [2.45, 2.75) is 51.3 Å². The molecule has 0 spiro atoms. The van der Waals surface area contributed by atoms with E-state index in [9.17, 15) is 0 Å². The number of hydrogen-bond donors (Lipinski definition) is 0. The fraction of sp³-hybridized carbons (Fsp3) is 0.444. The summed E-state index contributed by atoms with van der Waals surface area (Å²) in [5, 5.41) is 1.32. The zero-order valence-electron chi connectivity index (χ0n) is 12.1. The number of allylic oxidation sites excluding steroid dienone is 1. The van der Waals surface area contributed by atoms with Gasteiger partial charge in [-0.2, -0.15) is 0 Å². The van der Waals surface area contributed by atoms with Crippen LogP contribution < -0.4 is 0 Å². The summed E-state index contributed by atoms with van der Waals surface area (Å²) in [6.45, 7) is 4.47. The quantitative estimate of drug-likeness (QED) is 0.371. The molecule has 0 N–H and O–H groups in total. The monoisotopic (exact) mass is 320 g/mol. The van der Waals surface area contributed by atoms with Gasteiger partial charge in [0.15, 0.2) is 0 Å². The van der Waals surface area contributed by atoms with Gasteiger partial charge in [0.2, 0.25) is 0 Å². The van der Waals surface area contributed by atoms with Crippen LogP contribution in [-0.4, -0.2) is 15.0 Å². The first-order valence-corrected chi connectivity index (χ1v) is 9.32. The van der Waals surface area contributed by atoms with Crippen molar-refractivity contribution in [1.29, 1.82) is 0 Å². The second-order valence-corrected chi connectivity index (χ2v) is 6.89. The van der Waals surface area contributed by atoms with Crippen molar-refractivity contribution in [2.75, 3.05) is 0 Å². The molecule has 102 valence electrons. The van der Waals surface area contributed by atoms with Crippen molar-refractivity contribution in [3.8, 4) is 11.8 Å². The van der Waals surface area contributed by atoms with Crippen molar-refractivity contribution in [1.82, 2.24) is 0 Å². The molecule has 1 heteroatoms. The van der Waals surface area contributed by atoms with Gasteiger partial charge in [-0.3, -0.25) is 0 Å². The predicted octanol–water partition coefficient (Wildman–Crippen LogP) is 5.14. The molecule has 0 saturated heterocycles. The minimum atomic E-state index is 0.552. The van der Waals surface area contributed by atoms with Crippen molar-refractivity contribution in [3.63, 3.8) is 0 Å². The first-order chi connectivity index (χ1) is 9.38. The Hall–Kier alpha value is -0.961. The molecular formula is C18H24Se. The third-order valence-electron chi connectivity index (χ3n) is 2.77. The van der Waals surface area contributed by atoms with Gasteiger partial charge in [-0.25, -0.2) is 0 Å². The van der Waals surface area contributed by atoms with E-state index in [1.807, 2.05) is 0 Å². The summed E-state index contributed by atoms with van der Waals surface area (Å²) >= 11 is 0.552. The van der Waals surface area contributed by atoms with Gasteiger partial charge in [0.25, 0.3) is 0 Å². The Kier molecular flexibility index (Phi) is 9.25. The van der Waals surface area contributed by atoms with Crippen molar-refractivity contribution >= 4 is 19.4 Å². The molecule has 0 bridgehead atoms. The van der Waals surface area contributed by atoms with Crippen molar-refractivity contribution in [2.24, 2.45) is 0 Å². The first kappa shape index (κ1) is 16.1. The van der Waals surface area contributed by atoms with E-state index in [1.54, 1.807) is 0 Å². The normalized spacial score (nSPS) is 10.9. The molecule has 0 nitrogen and oxygen atoms in total. The van der Waals surface area contributed by atoms with Crippen LogP contribution >= 0.6 is 0 Å². The standard InChI is InChI=1S/C18H24Se/c1-3-5-7-8-12-15-18(19-16-6-4-2)17-13-10-9-11-14-17/h9-11,13-15H,3-7,16H2,1-2H3/b18-15-. The fourth-order valence-electron chi connectivity index (χ4n) is 1.59. The summed E-state index contributed by atoms with van der Waals surface area (Å²) in [6, 6.07) is 10.7. The maximum atomic E-state index is 3.26. The molecule has 0 amide bonds. The summed E-state index contributed by atoms with van der Waals surface area (Å²) in [5.41, 5.74) is 1.35. The van der Waals surface area contributed by atoms with Crippen LogP contribution in [0.1, 0.15) is 51.5 Å². The third-order valence-corrected chi connectivity index (χ3v) is 5.20. The van der Waals surface area contributed by atoms with Crippen LogP contribution in [0.5, 0.6) is 0 Å². The summed E-state index contributed by atoms with van der Waals surface area (Å²) in [4.78, 5) is 0. The number of benzene rings is 1. The maximum absolute atomic E-state index is 3.26. The van der Waals surface area contributed by atoms with Crippen LogP contribution in [0.15, 0.2) is 36.4 Å². The molecule has 1 rings (SSSR count). The molecule has 0 aliphatic heterocycles. The second-order valence-electron chi connectivity index (χ2n) is 4.50. The second kappa shape index (κ2) is 10.9. The van der Waals surface area contributed by atoms with Crippen LogP contribution in [0, 0.1) is 11.8 Å². The van der Waals surface area contributed by atoms with E-state index in [-0.39, 0.29) is 0 Å². The van der Waals surface area contributed by atoms with Gasteiger partial charge in [-0.15, -0.1) is 0 Å². The van der Waals surface area contributed by atoms with Gasteiger partial charge >= 0.3 is 125 Å². The third kappa shape index (κ3) is 7.26. The molecule has 0 atom stereocenters. The van der Waals surface area contributed by atoms with Gasteiger partial charge in [0, 0.05) is 0 Å².